The van der Waals surface area contributed by atoms with Gasteiger partial charge in [-0.1, -0.05) is 101 Å². The number of guanidine groups is 1. The van der Waals surface area contributed by atoms with Crippen molar-refractivity contribution in [1.82, 2.24) is 4.98 Å². The van der Waals surface area contributed by atoms with Gasteiger partial charge in [0.1, 0.15) is 5.82 Å². The first-order valence-electron chi connectivity index (χ1n) is 14.8. The molecule has 0 aliphatic rings. The summed E-state index contributed by atoms with van der Waals surface area (Å²) in [5.41, 5.74) is 7.27. The molecule has 0 aliphatic carbocycles. The zero-order chi connectivity index (χ0) is 31.6. The third-order valence-corrected chi connectivity index (χ3v) is 8.87. The Labute approximate surface area is 264 Å². The average molecular weight is 611 g/mol. The molecule has 1 N–H and O–H groups in total. The normalized spacial score (nSPS) is 11.9. The van der Waals surface area contributed by atoms with Gasteiger partial charge >= 0.3 is 0 Å². The summed E-state index contributed by atoms with van der Waals surface area (Å²) >= 11 is 0. The Morgan fingerprint density at radius 2 is 1.24 bits per heavy atom. The molecule has 45 heavy (non-hydrogen) atoms. The Kier molecular flexibility index (Phi) is 8.20. The van der Waals surface area contributed by atoms with Crippen molar-refractivity contribution in [1.29, 1.82) is 0 Å². The summed E-state index contributed by atoms with van der Waals surface area (Å²) in [4.78, 5) is 7.12. The average Bonchev–Trinajstić information content (AvgIpc) is 3.03. The summed E-state index contributed by atoms with van der Waals surface area (Å²) in [6, 6.07) is 40.6. The summed E-state index contributed by atoms with van der Waals surface area (Å²) in [5, 5.41) is 5.18. The van der Waals surface area contributed by atoms with Gasteiger partial charge in [-0.25, -0.2) is 4.98 Å². The van der Waals surface area contributed by atoms with Gasteiger partial charge in [-0.2, -0.15) is 8.42 Å². The summed E-state index contributed by atoms with van der Waals surface area (Å²) in [6.45, 7) is 7.98. The van der Waals surface area contributed by atoms with E-state index in [0.29, 0.717) is 17.2 Å². The second-order valence-corrected chi connectivity index (χ2v) is 12.9. The van der Waals surface area contributed by atoms with Crippen molar-refractivity contribution in [3.63, 3.8) is 0 Å². The van der Waals surface area contributed by atoms with Crippen LogP contribution in [0.25, 0.3) is 22.0 Å². The molecule has 0 unspecified atom stereocenters. The van der Waals surface area contributed by atoms with Gasteiger partial charge in [-0.15, -0.1) is 4.40 Å². The van der Waals surface area contributed by atoms with Crippen molar-refractivity contribution in [2.75, 3.05) is 10.2 Å². The van der Waals surface area contributed by atoms with E-state index in [9.17, 15) is 8.42 Å². The number of hydrogen-bond donors (Lipinski definition) is 1. The van der Waals surface area contributed by atoms with E-state index in [1.807, 2.05) is 107 Å². The predicted octanol–water partition coefficient (Wildman–Crippen LogP) is 9.13. The topological polar surface area (TPSA) is 74.7 Å². The maximum atomic E-state index is 14.0. The van der Waals surface area contributed by atoms with E-state index >= 15 is 0 Å². The predicted molar refractivity (Wildman–Crippen MR) is 186 cm³/mol. The van der Waals surface area contributed by atoms with Crippen LogP contribution in [0.15, 0.2) is 137 Å². The standard InChI is InChI=1S/C38H34N4O2S/c1-26-11-18-32(19-12-26)39-38(41-45(43,44)34-22-15-28(3)16-23-34)42(33-20-13-27(2)14-21-33)37-35-24-29(4)10-17-31(35)25-36(40-37)30-8-6-5-7-9-30/h5-25H,1-4H3,(H,39,41). The van der Waals surface area contributed by atoms with Crippen molar-refractivity contribution in [3.05, 3.63) is 150 Å². The maximum Gasteiger partial charge on any atom is 0.285 e. The number of benzene rings is 5. The fourth-order valence-corrected chi connectivity index (χ4v) is 6.01. The number of sulfonamides is 1. The molecular weight excluding hydrogens is 577 g/mol. The van der Waals surface area contributed by atoms with E-state index < -0.39 is 10.0 Å². The quantitative estimate of drug-likeness (QED) is 0.150. The van der Waals surface area contributed by atoms with E-state index in [1.165, 1.54) is 0 Å². The van der Waals surface area contributed by atoms with E-state index in [1.54, 1.807) is 29.2 Å². The number of rotatable bonds is 6. The highest BCUT2D eigenvalue weighted by Crippen LogP contribution is 2.36. The smallest absolute Gasteiger partial charge is 0.285 e. The lowest BCUT2D eigenvalue weighted by molar-refractivity contribution is 0.598. The highest BCUT2D eigenvalue weighted by atomic mass is 32.2. The molecule has 0 amide bonds. The van der Waals surface area contributed by atoms with Crippen LogP contribution in [0.2, 0.25) is 0 Å². The molecule has 0 radical (unpaired) electrons. The van der Waals surface area contributed by atoms with Crippen molar-refractivity contribution in [2.24, 2.45) is 4.40 Å². The number of nitrogens with zero attached hydrogens (tertiary/aromatic N) is 3. The SMILES string of the molecule is Cc1ccc(N/C(=N\S(=O)(=O)c2ccc(C)cc2)N(c2ccc(C)cc2)c2nc(-c3ccccc3)cc3ccc(C)cc23)cc1. The second-order valence-electron chi connectivity index (χ2n) is 11.3. The molecule has 0 aliphatic heterocycles. The number of hydrogen-bond acceptors (Lipinski definition) is 3. The van der Waals surface area contributed by atoms with Gasteiger partial charge in [-0.3, -0.25) is 4.90 Å². The highest BCUT2D eigenvalue weighted by molar-refractivity contribution is 7.90. The van der Waals surface area contributed by atoms with E-state index in [0.717, 1.165) is 44.3 Å². The van der Waals surface area contributed by atoms with Gasteiger partial charge in [0.15, 0.2) is 0 Å². The molecule has 0 fully saturated rings. The molecule has 1 heterocycles. The van der Waals surface area contributed by atoms with Crippen molar-refractivity contribution < 1.29 is 8.42 Å². The number of aryl methyl sites for hydroxylation is 4. The molecule has 0 atom stereocenters. The molecule has 6 aromatic rings. The minimum Gasteiger partial charge on any atom is -0.325 e. The molecule has 5 aromatic carbocycles. The van der Waals surface area contributed by atoms with Crippen LogP contribution in [0.1, 0.15) is 22.3 Å². The van der Waals surface area contributed by atoms with Gasteiger partial charge < -0.3 is 5.32 Å². The lowest BCUT2D eigenvalue weighted by Crippen LogP contribution is -2.34. The molecule has 224 valence electrons. The Hall–Kier alpha value is -5.27. The minimum absolute atomic E-state index is 0.101. The molecule has 0 spiro atoms. The minimum atomic E-state index is -4.14. The van der Waals surface area contributed by atoms with Gasteiger partial charge in [0, 0.05) is 16.6 Å². The molecule has 0 saturated carbocycles. The molecule has 0 saturated heterocycles. The summed E-state index contributed by atoms with van der Waals surface area (Å²) in [6.07, 6.45) is 0. The fourth-order valence-electron chi connectivity index (χ4n) is 5.07. The summed E-state index contributed by atoms with van der Waals surface area (Å²) in [5.74, 6) is 0.653. The lowest BCUT2D eigenvalue weighted by Gasteiger charge is -2.28. The first-order valence-corrected chi connectivity index (χ1v) is 16.2. The Morgan fingerprint density at radius 3 is 1.89 bits per heavy atom. The number of nitrogens with one attached hydrogen (secondary N) is 1. The zero-order valence-corrected chi connectivity index (χ0v) is 26.5. The first kappa shape index (κ1) is 29.8. The fraction of sp³-hybridized carbons (Fsp3) is 0.105. The maximum absolute atomic E-state index is 14.0. The van der Waals surface area contributed by atoms with Crippen molar-refractivity contribution >= 4 is 43.9 Å². The second kappa shape index (κ2) is 12.4. The number of fused-ring (bicyclic) bond motifs is 1. The van der Waals surface area contributed by atoms with Crippen molar-refractivity contribution in [2.45, 2.75) is 32.6 Å². The van der Waals surface area contributed by atoms with E-state index in [-0.39, 0.29) is 10.9 Å². The van der Waals surface area contributed by atoms with Crippen LogP contribution in [0.5, 0.6) is 0 Å². The zero-order valence-electron chi connectivity index (χ0n) is 25.7. The summed E-state index contributed by atoms with van der Waals surface area (Å²) < 4.78 is 32.4. The van der Waals surface area contributed by atoms with Crippen molar-refractivity contribution in [3.8, 4) is 11.3 Å². The summed E-state index contributed by atoms with van der Waals surface area (Å²) in [7, 11) is -4.14. The third kappa shape index (κ3) is 6.64. The molecule has 0 bridgehead atoms. The third-order valence-electron chi connectivity index (χ3n) is 7.59. The highest BCUT2D eigenvalue weighted by Gasteiger charge is 2.25. The first-order chi connectivity index (χ1) is 21.7. The van der Waals surface area contributed by atoms with Crippen LogP contribution >= 0.6 is 0 Å². The molecule has 6 nitrogen and oxygen atoms in total. The van der Waals surface area contributed by atoms with Crippen LogP contribution < -0.4 is 10.2 Å². The molecule has 1 aromatic heterocycles. The van der Waals surface area contributed by atoms with Gasteiger partial charge in [0.25, 0.3) is 10.0 Å². The van der Waals surface area contributed by atoms with Gasteiger partial charge in [0.2, 0.25) is 5.96 Å². The molecule has 7 heteroatoms. The van der Waals surface area contributed by atoms with Crippen LogP contribution in [-0.4, -0.2) is 19.4 Å². The number of aromatic nitrogens is 1. The van der Waals surface area contributed by atoms with E-state index in [2.05, 4.69) is 34.0 Å². The van der Waals surface area contributed by atoms with Crippen LogP contribution in [0.4, 0.5) is 17.2 Å². The Morgan fingerprint density at radius 1 is 0.667 bits per heavy atom. The van der Waals surface area contributed by atoms with E-state index in [4.69, 9.17) is 4.98 Å². The van der Waals surface area contributed by atoms with Gasteiger partial charge in [-0.05, 0) is 81.6 Å². The monoisotopic (exact) mass is 610 g/mol. The van der Waals surface area contributed by atoms with Crippen LogP contribution in [0.3, 0.4) is 0 Å². The molecule has 6 rings (SSSR count). The van der Waals surface area contributed by atoms with Crippen LogP contribution in [-0.2, 0) is 10.0 Å². The number of anilines is 3. The molecular formula is C38H34N4O2S. The van der Waals surface area contributed by atoms with Crippen LogP contribution in [0, 0.1) is 27.7 Å². The Balaban J connectivity index is 1.66. The van der Waals surface area contributed by atoms with Gasteiger partial charge in [0.05, 0.1) is 16.3 Å². The largest absolute Gasteiger partial charge is 0.325 e. The number of pyridine rings is 1. The Bertz CT molecular complexity index is 2110. The lowest BCUT2D eigenvalue weighted by atomic mass is 10.0.